The molecule has 25 heavy (non-hydrogen) atoms. The van der Waals surface area contributed by atoms with Crippen LogP contribution >= 0.6 is 0 Å². The van der Waals surface area contributed by atoms with E-state index in [0.717, 1.165) is 30.8 Å². The van der Waals surface area contributed by atoms with Gasteiger partial charge in [0.15, 0.2) is 0 Å². The van der Waals surface area contributed by atoms with E-state index < -0.39 is 11.7 Å². The van der Waals surface area contributed by atoms with E-state index in [9.17, 15) is 18.0 Å². The summed E-state index contributed by atoms with van der Waals surface area (Å²) in [6, 6.07) is 5.09. The van der Waals surface area contributed by atoms with Crippen LogP contribution in [0.3, 0.4) is 0 Å². The Balaban J connectivity index is 1.78. The molecule has 2 rings (SSSR count). The minimum Gasteiger partial charge on any atom is -0.368 e. The maximum Gasteiger partial charge on any atom is 0.416 e. The molecule has 140 valence electrons. The molecular weight excluding hydrogens is 333 g/mol. The number of nitrogens with zero attached hydrogens (tertiary/aromatic N) is 3. The highest BCUT2D eigenvalue weighted by Gasteiger charge is 2.30. The van der Waals surface area contributed by atoms with Crippen LogP contribution in [-0.4, -0.2) is 69.2 Å². The van der Waals surface area contributed by atoms with Crippen LogP contribution in [0.4, 0.5) is 23.7 Å². The van der Waals surface area contributed by atoms with Gasteiger partial charge in [0.2, 0.25) is 0 Å². The zero-order valence-corrected chi connectivity index (χ0v) is 14.6. The van der Waals surface area contributed by atoms with Crippen LogP contribution in [0, 0.1) is 0 Å². The van der Waals surface area contributed by atoms with Crippen LogP contribution in [0.15, 0.2) is 24.3 Å². The van der Waals surface area contributed by atoms with Crippen molar-refractivity contribution in [2.24, 2.45) is 0 Å². The number of nitrogens with one attached hydrogen (secondary N) is 1. The predicted octanol–water partition coefficient (Wildman–Crippen LogP) is 2.49. The molecule has 1 N–H and O–H groups in total. The number of alkyl halides is 3. The molecular formula is C17H25F3N4O. The normalized spacial score (nSPS) is 15.6. The molecule has 5 nitrogen and oxygen atoms in total. The van der Waals surface area contributed by atoms with Crippen LogP contribution in [0.25, 0.3) is 0 Å². The SMILES string of the molecule is CN(C)CCCNC(=O)N1CCN(c2ccc(C(F)(F)F)cc2)CC1. The minimum absolute atomic E-state index is 0.0779. The van der Waals surface area contributed by atoms with E-state index in [1.165, 1.54) is 12.1 Å². The van der Waals surface area contributed by atoms with Crippen molar-refractivity contribution in [1.82, 2.24) is 15.1 Å². The Bertz CT molecular complexity index is 552. The number of urea groups is 1. The summed E-state index contributed by atoms with van der Waals surface area (Å²) in [5, 5.41) is 2.90. The summed E-state index contributed by atoms with van der Waals surface area (Å²) in [4.78, 5) is 17.9. The number of carbonyl (C=O) groups is 1. The van der Waals surface area contributed by atoms with Crippen molar-refractivity contribution >= 4 is 11.7 Å². The molecule has 0 radical (unpaired) electrons. The second kappa shape index (κ2) is 8.42. The maximum absolute atomic E-state index is 12.6. The van der Waals surface area contributed by atoms with Crippen LogP contribution in [0.1, 0.15) is 12.0 Å². The first-order valence-corrected chi connectivity index (χ1v) is 8.37. The highest BCUT2D eigenvalue weighted by molar-refractivity contribution is 5.74. The molecule has 1 aromatic rings. The average molecular weight is 358 g/mol. The summed E-state index contributed by atoms with van der Waals surface area (Å²) >= 11 is 0. The van der Waals surface area contributed by atoms with Crippen LogP contribution in [0.5, 0.6) is 0 Å². The summed E-state index contributed by atoms with van der Waals surface area (Å²) in [5.41, 5.74) is 0.103. The van der Waals surface area contributed by atoms with Gasteiger partial charge >= 0.3 is 12.2 Å². The summed E-state index contributed by atoms with van der Waals surface area (Å²) in [7, 11) is 3.98. The number of halogens is 3. The van der Waals surface area contributed by atoms with Crippen LogP contribution in [0.2, 0.25) is 0 Å². The number of hydrogen-bond donors (Lipinski definition) is 1. The molecule has 0 aromatic heterocycles. The lowest BCUT2D eigenvalue weighted by atomic mass is 10.1. The highest BCUT2D eigenvalue weighted by atomic mass is 19.4. The summed E-state index contributed by atoms with van der Waals surface area (Å²) in [6.07, 6.45) is -3.42. The van der Waals surface area contributed by atoms with Gasteiger partial charge in [-0.25, -0.2) is 4.79 Å². The van der Waals surface area contributed by atoms with Gasteiger partial charge < -0.3 is 20.0 Å². The van der Waals surface area contributed by atoms with E-state index in [4.69, 9.17) is 0 Å². The van der Waals surface area contributed by atoms with Crippen molar-refractivity contribution in [3.63, 3.8) is 0 Å². The molecule has 0 bridgehead atoms. The molecule has 0 aliphatic carbocycles. The minimum atomic E-state index is -4.32. The lowest BCUT2D eigenvalue weighted by Gasteiger charge is -2.36. The molecule has 1 aliphatic rings. The smallest absolute Gasteiger partial charge is 0.368 e. The topological polar surface area (TPSA) is 38.8 Å². The lowest BCUT2D eigenvalue weighted by molar-refractivity contribution is -0.137. The molecule has 1 aromatic carbocycles. The number of piperazine rings is 1. The Labute approximate surface area is 146 Å². The summed E-state index contributed by atoms with van der Waals surface area (Å²) in [6.45, 7) is 3.88. The van der Waals surface area contributed by atoms with Gasteiger partial charge in [-0.1, -0.05) is 0 Å². The molecule has 0 saturated carbocycles. The van der Waals surface area contributed by atoms with Crippen molar-refractivity contribution in [2.45, 2.75) is 12.6 Å². The van der Waals surface area contributed by atoms with Gasteiger partial charge in [0.1, 0.15) is 0 Å². The first-order valence-electron chi connectivity index (χ1n) is 8.37. The molecule has 2 amide bonds. The third-order valence-electron chi connectivity index (χ3n) is 4.18. The van der Waals surface area contributed by atoms with E-state index in [1.54, 1.807) is 4.90 Å². The molecule has 1 fully saturated rings. The Kier molecular flexibility index (Phi) is 6.52. The van der Waals surface area contributed by atoms with E-state index in [-0.39, 0.29) is 6.03 Å². The average Bonchev–Trinajstić information content (AvgIpc) is 2.58. The van der Waals surface area contributed by atoms with Gasteiger partial charge in [-0.05, 0) is 51.3 Å². The molecule has 0 atom stereocenters. The highest BCUT2D eigenvalue weighted by Crippen LogP contribution is 2.30. The third kappa shape index (κ3) is 5.81. The third-order valence-corrected chi connectivity index (χ3v) is 4.18. The largest absolute Gasteiger partial charge is 0.416 e. The van der Waals surface area contributed by atoms with Gasteiger partial charge in [0.25, 0.3) is 0 Å². The zero-order valence-electron chi connectivity index (χ0n) is 14.6. The van der Waals surface area contributed by atoms with Crippen molar-refractivity contribution in [3.8, 4) is 0 Å². The lowest BCUT2D eigenvalue weighted by Crippen LogP contribution is -2.52. The molecule has 0 spiro atoms. The van der Waals surface area contributed by atoms with Gasteiger partial charge in [-0.3, -0.25) is 0 Å². The first kappa shape index (κ1) is 19.4. The monoisotopic (exact) mass is 358 g/mol. The maximum atomic E-state index is 12.6. The quantitative estimate of drug-likeness (QED) is 0.822. The number of benzene rings is 1. The first-order chi connectivity index (χ1) is 11.8. The molecule has 1 aliphatic heterocycles. The van der Waals surface area contributed by atoms with Gasteiger partial charge in [0.05, 0.1) is 5.56 Å². The van der Waals surface area contributed by atoms with E-state index >= 15 is 0 Å². The van der Waals surface area contributed by atoms with E-state index in [0.29, 0.717) is 32.7 Å². The van der Waals surface area contributed by atoms with Crippen molar-refractivity contribution in [2.75, 3.05) is 58.3 Å². The van der Waals surface area contributed by atoms with Crippen LogP contribution < -0.4 is 10.2 Å². The predicted molar refractivity (Wildman–Crippen MR) is 91.8 cm³/mol. The van der Waals surface area contributed by atoms with Crippen molar-refractivity contribution in [3.05, 3.63) is 29.8 Å². The Morgan fingerprint density at radius 2 is 1.72 bits per heavy atom. The summed E-state index contributed by atoms with van der Waals surface area (Å²) < 4.78 is 37.8. The molecule has 8 heteroatoms. The van der Waals surface area contributed by atoms with Crippen molar-refractivity contribution < 1.29 is 18.0 Å². The number of hydrogen-bond acceptors (Lipinski definition) is 3. The summed E-state index contributed by atoms with van der Waals surface area (Å²) in [5.74, 6) is 0. The van der Waals surface area contributed by atoms with Crippen LogP contribution in [-0.2, 0) is 6.18 Å². The molecule has 1 heterocycles. The number of carbonyl (C=O) groups excluding carboxylic acids is 1. The number of anilines is 1. The fourth-order valence-electron chi connectivity index (χ4n) is 2.73. The van der Waals surface area contributed by atoms with E-state index in [1.807, 2.05) is 19.0 Å². The van der Waals surface area contributed by atoms with E-state index in [2.05, 4.69) is 10.2 Å². The second-order valence-electron chi connectivity index (χ2n) is 6.41. The fourth-order valence-corrected chi connectivity index (χ4v) is 2.73. The Morgan fingerprint density at radius 1 is 1.12 bits per heavy atom. The molecule has 1 saturated heterocycles. The van der Waals surface area contributed by atoms with Gasteiger partial charge in [-0.2, -0.15) is 13.2 Å². The van der Waals surface area contributed by atoms with Gasteiger partial charge in [-0.15, -0.1) is 0 Å². The number of rotatable bonds is 5. The zero-order chi connectivity index (χ0) is 18.4. The second-order valence-corrected chi connectivity index (χ2v) is 6.41. The Hall–Kier alpha value is -1.96. The fraction of sp³-hybridized carbons (Fsp3) is 0.588. The van der Waals surface area contributed by atoms with Gasteiger partial charge in [0, 0.05) is 38.4 Å². The number of amides is 2. The Morgan fingerprint density at radius 3 is 2.24 bits per heavy atom. The molecule has 0 unspecified atom stereocenters. The standard InChI is InChI=1S/C17H25F3N4O/c1-22(2)9-3-8-21-16(25)24-12-10-23(11-13-24)15-6-4-14(5-7-15)17(18,19)20/h4-7H,3,8-13H2,1-2H3,(H,21,25). The van der Waals surface area contributed by atoms with Crippen molar-refractivity contribution in [1.29, 1.82) is 0 Å².